The summed E-state index contributed by atoms with van der Waals surface area (Å²) in [5.41, 5.74) is 1.70. The van der Waals surface area contributed by atoms with Gasteiger partial charge in [0.2, 0.25) is 0 Å². The number of aliphatic hydroxyl groups is 1. The van der Waals surface area contributed by atoms with Gasteiger partial charge >= 0.3 is 0 Å². The molecule has 18 heavy (non-hydrogen) atoms. The molecule has 0 aliphatic heterocycles. The van der Waals surface area contributed by atoms with Crippen LogP contribution in [0.1, 0.15) is 5.56 Å². The molecule has 1 heterocycles. The SMILES string of the molecule is Cl.OCCn1cc(NCc2ccccc2O)cn1. The number of aromatic nitrogens is 2. The van der Waals surface area contributed by atoms with Gasteiger partial charge in [-0.3, -0.25) is 4.68 Å². The monoisotopic (exact) mass is 269 g/mol. The second kappa shape index (κ2) is 6.88. The summed E-state index contributed by atoms with van der Waals surface area (Å²) in [4.78, 5) is 0. The molecule has 98 valence electrons. The van der Waals surface area contributed by atoms with Crippen molar-refractivity contribution in [3.63, 3.8) is 0 Å². The van der Waals surface area contributed by atoms with Gasteiger partial charge in [-0.15, -0.1) is 12.4 Å². The predicted molar refractivity (Wildman–Crippen MR) is 72.0 cm³/mol. The van der Waals surface area contributed by atoms with Gasteiger partial charge < -0.3 is 15.5 Å². The van der Waals surface area contributed by atoms with Crippen molar-refractivity contribution in [2.45, 2.75) is 13.1 Å². The van der Waals surface area contributed by atoms with Crippen molar-refractivity contribution < 1.29 is 10.2 Å². The molecular formula is C12H16ClN3O2. The van der Waals surface area contributed by atoms with E-state index in [2.05, 4.69) is 10.4 Å². The van der Waals surface area contributed by atoms with Crippen molar-refractivity contribution in [3.8, 4) is 5.75 Å². The van der Waals surface area contributed by atoms with Gasteiger partial charge in [-0.25, -0.2) is 0 Å². The minimum absolute atomic E-state index is 0. The van der Waals surface area contributed by atoms with E-state index >= 15 is 0 Å². The van der Waals surface area contributed by atoms with Gasteiger partial charge in [0.15, 0.2) is 0 Å². The molecular weight excluding hydrogens is 254 g/mol. The fourth-order valence-corrected chi connectivity index (χ4v) is 1.54. The molecule has 0 saturated heterocycles. The van der Waals surface area contributed by atoms with Crippen LogP contribution < -0.4 is 5.32 Å². The van der Waals surface area contributed by atoms with E-state index in [0.29, 0.717) is 13.1 Å². The molecule has 2 aromatic rings. The number of aromatic hydroxyl groups is 1. The van der Waals surface area contributed by atoms with Crippen LogP contribution in [0.25, 0.3) is 0 Å². The number of benzene rings is 1. The van der Waals surface area contributed by atoms with E-state index in [4.69, 9.17) is 5.11 Å². The number of phenolic OH excluding ortho intramolecular Hbond substituents is 1. The number of nitrogens with one attached hydrogen (secondary N) is 1. The van der Waals surface area contributed by atoms with E-state index in [-0.39, 0.29) is 24.8 Å². The van der Waals surface area contributed by atoms with Crippen LogP contribution in [0.3, 0.4) is 0 Å². The highest BCUT2D eigenvalue weighted by atomic mass is 35.5. The second-order valence-corrected chi connectivity index (χ2v) is 3.70. The number of hydrogen-bond acceptors (Lipinski definition) is 4. The van der Waals surface area contributed by atoms with Crippen molar-refractivity contribution in [2.24, 2.45) is 0 Å². The number of rotatable bonds is 5. The first kappa shape index (κ1) is 14.3. The fraction of sp³-hybridized carbons (Fsp3) is 0.250. The lowest BCUT2D eigenvalue weighted by atomic mass is 10.2. The van der Waals surface area contributed by atoms with E-state index in [1.54, 1.807) is 23.0 Å². The van der Waals surface area contributed by atoms with Crippen LogP contribution in [0.4, 0.5) is 5.69 Å². The molecule has 5 nitrogen and oxygen atoms in total. The number of nitrogens with zero attached hydrogens (tertiary/aromatic N) is 2. The van der Waals surface area contributed by atoms with Crippen molar-refractivity contribution in [1.82, 2.24) is 9.78 Å². The number of phenols is 1. The number of para-hydroxylation sites is 1. The molecule has 0 bridgehead atoms. The van der Waals surface area contributed by atoms with Gasteiger partial charge in [-0.2, -0.15) is 5.10 Å². The lowest BCUT2D eigenvalue weighted by molar-refractivity contribution is 0.269. The Morgan fingerprint density at radius 2 is 2.06 bits per heavy atom. The van der Waals surface area contributed by atoms with E-state index in [0.717, 1.165) is 11.3 Å². The number of halogens is 1. The Hall–Kier alpha value is -1.72. The first-order valence-corrected chi connectivity index (χ1v) is 5.43. The van der Waals surface area contributed by atoms with E-state index in [1.807, 2.05) is 18.3 Å². The van der Waals surface area contributed by atoms with Crippen LogP contribution in [0.15, 0.2) is 36.7 Å². The van der Waals surface area contributed by atoms with Crippen molar-refractivity contribution >= 4 is 18.1 Å². The summed E-state index contributed by atoms with van der Waals surface area (Å²) in [5, 5.41) is 25.6. The largest absolute Gasteiger partial charge is 0.508 e. The summed E-state index contributed by atoms with van der Waals surface area (Å²) in [6.45, 7) is 1.09. The third kappa shape index (κ3) is 3.65. The Morgan fingerprint density at radius 3 is 2.78 bits per heavy atom. The highest BCUT2D eigenvalue weighted by Crippen LogP contribution is 2.17. The van der Waals surface area contributed by atoms with E-state index in [9.17, 15) is 5.11 Å². The smallest absolute Gasteiger partial charge is 0.120 e. The average molecular weight is 270 g/mol. The summed E-state index contributed by atoms with van der Waals surface area (Å²) >= 11 is 0. The van der Waals surface area contributed by atoms with Gasteiger partial charge in [0.05, 0.1) is 25.0 Å². The molecule has 0 radical (unpaired) electrons. The molecule has 0 amide bonds. The maximum atomic E-state index is 9.58. The van der Waals surface area contributed by atoms with Gasteiger partial charge in [-0.1, -0.05) is 18.2 Å². The highest BCUT2D eigenvalue weighted by Gasteiger charge is 2.01. The van der Waals surface area contributed by atoms with Gasteiger partial charge in [-0.05, 0) is 6.07 Å². The lowest BCUT2D eigenvalue weighted by Crippen LogP contribution is -2.02. The summed E-state index contributed by atoms with van der Waals surface area (Å²) < 4.78 is 1.66. The molecule has 3 N–H and O–H groups in total. The topological polar surface area (TPSA) is 70.3 Å². The minimum Gasteiger partial charge on any atom is -0.508 e. The maximum absolute atomic E-state index is 9.58. The Labute approximate surface area is 111 Å². The van der Waals surface area contributed by atoms with Crippen LogP contribution >= 0.6 is 12.4 Å². The molecule has 6 heteroatoms. The van der Waals surface area contributed by atoms with Crippen LogP contribution in [0.2, 0.25) is 0 Å². The van der Waals surface area contributed by atoms with Gasteiger partial charge in [0.1, 0.15) is 5.75 Å². The Bertz CT molecular complexity index is 488. The first-order valence-electron chi connectivity index (χ1n) is 5.43. The molecule has 1 aromatic heterocycles. The highest BCUT2D eigenvalue weighted by molar-refractivity contribution is 5.85. The zero-order valence-electron chi connectivity index (χ0n) is 9.78. The Balaban J connectivity index is 0.00000162. The minimum atomic E-state index is 0. The normalized spacial score (nSPS) is 9.83. The van der Waals surface area contributed by atoms with Gasteiger partial charge in [0.25, 0.3) is 0 Å². The molecule has 0 unspecified atom stereocenters. The summed E-state index contributed by atoms with van der Waals surface area (Å²) in [7, 11) is 0. The number of anilines is 1. The quantitative estimate of drug-likeness (QED) is 0.771. The van der Waals surface area contributed by atoms with Crippen LogP contribution in [-0.4, -0.2) is 26.6 Å². The summed E-state index contributed by atoms with van der Waals surface area (Å²) in [6, 6.07) is 7.19. The summed E-state index contributed by atoms with van der Waals surface area (Å²) in [6.07, 6.45) is 3.51. The van der Waals surface area contributed by atoms with Crippen molar-refractivity contribution in [3.05, 3.63) is 42.2 Å². The first-order chi connectivity index (χ1) is 8.29. The van der Waals surface area contributed by atoms with Crippen LogP contribution in [-0.2, 0) is 13.1 Å². The molecule has 0 fully saturated rings. The van der Waals surface area contributed by atoms with E-state index in [1.165, 1.54) is 0 Å². The van der Waals surface area contributed by atoms with Gasteiger partial charge in [0, 0.05) is 18.3 Å². The van der Waals surface area contributed by atoms with Crippen LogP contribution in [0.5, 0.6) is 5.75 Å². The standard InChI is InChI=1S/C12H15N3O2.ClH/c16-6-5-15-9-11(8-14-15)13-7-10-3-1-2-4-12(10)17;/h1-4,8-9,13,16-17H,5-7H2;1H. The molecule has 0 spiro atoms. The molecule has 0 atom stereocenters. The van der Waals surface area contributed by atoms with E-state index < -0.39 is 0 Å². The molecule has 2 rings (SSSR count). The molecule has 1 aromatic carbocycles. The lowest BCUT2D eigenvalue weighted by Gasteiger charge is -2.05. The van der Waals surface area contributed by atoms with Crippen LogP contribution in [0, 0.1) is 0 Å². The zero-order chi connectivity index (χ0) is 12.1. The Kier molecular flexibility index (Phi) is 5.48. The Morgan fingerprint density at radius 1 is 1.28 bits per heavy atom. The zero-order valence-corrected chi connectivity index (χ0v) is 10.6. The summed E-state index contributed by atoms with van der Waals surface area (Å²) in [5.74, 6) is 0.280. The van der Waals surface area contributed by atoms with Crippen molar-refractivity contribution in [1.29, 1.82) is 0 Å². The van der Waals surface area contributed by atoms with Crippen molar-refractivity contribution in [2.75, 3.05) is 11.9 Å². The second-order valence-electron chi connectivity index (χ2n) is 3.70. The number of hydrogen-bond donors (Lipinski definition) is 3. The predicted octanol–water partition coefficient (Wildman–Crippen LogP) is 1.61. The maximum Gasteiger partial charge on any atom is 0.120 e. The molecule has 0 aliphatic carbocycles. The average Bonchev–Trinajstić information content (AvgIpc) is 2.76. The molecule has 0 saturated carbocycles. The third-order valence-electron chi connectivity index (χ3n) is 2.44. The fourth-order valence-electron chi connectivity index (χ4n) is 1.54. The number of aliphatic hydroxyl groups excluding tert-OH is 1. The third-order valence-corrected chi connectivity index (χ3v) is 2.44. The molecule has 0 aliphatic rings.